The van der Waals surface area contributed by atoms with E-state index in [4.69, 9.17) is 4.74 Å². The van der Waals surface area contributed by atoms with Crippen molar-refractivity contribution >= 4 is 11.9 Å². The molecule has 0 aromatic rings. The van der Waals surface area contributed by atoms with Crippen molar-refractivity contribution < 1.29 is 24.5 Å². The van der Waals surface area contributed by atoms with Crippen LogP contribution < -0.4 is 5.32 Å². The fourth-order valence-corrected chi connectivity index (χ4v) is 6.58. The van der Waals surface area contributed by atoms with Crippen LogP contribution in [0.5, 0.6) is 0 Å². The first-order valence-corrected chi connectivity index (χ1v) is 24.2. The Kier molecular flexibility index (Phi) is 43.9. The zero-order valence-electron chi connectivity index (χ0n) is 38.5. The Hall–Kier alpha value is -3.48. The third-order valence-electron chi connectivity index (χ3n) is 10.2. The molecule has 3 atom stereocenters. The standard InChI is InChI=1S/C54H89NO5/c1-4-7-10-13-16-19-22-25-26-29-30-33-36-39-42-45-50(60-54(59)47-44-41-38-35-32-28-24-21-18-15-12-9-6-3)48-53(58)55-51(49-56)52(57)46-43-40-37-34-31-27-23-20-17-14-11-8-5-2/h7,9-10,12,15-16,18-19,21,24-26,28,30,32-33,39,42,50-52,56-57H,4-6,8,11,13-14,17,20,22-23,27,29,31,34-38,40-41,43-49H2,1-3H3,(H,55,58)/b10-7-,12-9+,18-15+,19-16-,24-21-,26-25-,32-28-,33-30-,42-39-. The molecule has 1 amide bonds. The average molecular weight is 832 g/mol. The molecule has 0 aliphatic rings. The zero-order valence-corrected chi connectivity index (χ0v) is 38.5. The molecular formula is C54H89NO5. The maximum absolute atomic E-state index is 13.2. The van der Waals surface area contributed by atoms with Crippen LogP contribution in [0.15, 0.2) is 109 Å². The maximum Gasteiger partial charge on any atom is 0.306 e. The van der Waals surface area contributed by atoms with Gasteiger partial charge in [-0.2, -0.15) is 0 Å². The SMILES string of the molecule is CC/C=C\C/C=C\C/C=C\C/C=C\C/C=C\CC(CC(=O)NC(CO)C(O)CCCCCCCCCCCCCCC)OC(=O)CCCCC\C=C/C=C\C=C\C=C\CC. The van der Waals surface area contributed by atoms with Gasteiger partial charge in [-0.1, -0.05) is 220 Å². The number of esters is 1. The van der Waals surface area contributed by atoms with Crippen molar-refractivity contribution in [1.29, 1.82) is 0 Å². The minimum Gasteiger partial charge on any atom is -0.461 e. The molecule has 0 saturated carbocycles. The molecule has 3 N–H and O–H groups in total. The predicted molar refractivity (Wildman–Crippen MR) is 259 cm³/mol. The van der Waals surface area contributed by atoms with E-state index < -0.39 is 18.2 Å². The molecule has 0 bridgehead atoms. The van der Waals surface area contributed by atoms with Gasteiger partial charge in [0.1, 0.15) is 6.10 Å². The van der Waals surface area contributed by atoms with Gasteiger partial charge in [-0.05, 0) is 64.2 Å². The molecule has 0 aliphatic carbocycles. The number of carbonyl (C=O) groups excluding carboxylic acids is 2. The number of amides is 1. The van der Waals surface area contributed by atoms with Gasteiger partial charge in [0, 0.05) is 12.8 Å². The van der Waals surface area contributed by atoms with Crippen molar-refractivity contribution in [3.8, 4) is 0 Å². The molecule has 0 aromatic heterocycles. The highest BCUT2D eigenvalue weighted by Crippen LogP contribution is 2.15. The van der Waals surface area contributed by atoms with Crippen molar-refractivity contribution in [2.45, 2.75) is 212 Å². The van der Waals surface area contributed by atoms with Crippen LogP contribution in [-0.2, 0) is 14.3 Å². The first-order chi connectivity index (χ1) is 29.5. The molecule has 3 unspecified atom stereocenters. The number of hydrogen-bond acceptors (Lipinski definition) is 5. The van der Waals surface area contributed by atoms with Crippen molar-refractivity contribution in [3.05, 3.63) is 109 Å². The molecule has 0 heterocycles. The third kappa shape index (κ3) is 41.3. The normalized spacial score (nSPS) is 14.3. The number of carbonyl (C=O) groups is 2. The van der Waals surface area contributed by atoms with E-state index in [2.05, 4.69) is 86.8 Å². The number of aliphatic hydroxyl groups excluding tert-OH is 2. The molecule has 0 radical (unpaired) electrons. The van der Waals surface area contributed by atoms with E-state index in [0.29, 0.717) is 19.3 Å². The molecular weight excluding hydrogens is 743 g/mol. The summed E-state index contributed by atoms with van der Waals surface area (Å²) in [5.41, 5.74) is 0. The van der Waals surface area contributed by atoms with Crippen LogP contribution in [-0.4, -0.2) is 46.9 Å². The molecule has 340 valence electrons. The molecule has 6 heteroatoms. The summed E-state index contributed by atoms with van der Waals surface area (Å²) in [4.78, 5) is 26.0. The Balaban J connectivity index is 4.83. The summed E-state index contributed by atoms with van der Waals surface area (Å²) in [5.74, 6) is -0.638. The number of rotatable bonds is 41. The highest BCUT2D eigenvalue weighted by molar-refractivity contribution is 5.77. The Morgan fingerprint density at radius 1 is 0.533 bits per heavy atom. The van der Waals surface area contributed by atoms with Gasteiger partial charge in [-0.25, -0.2) is 0 Å². The fraction of sp³-hybridized carbons (Fsp3) is 0.630. The fourth-order valence-electron chi connectivity index (χ4n) is 6.58. The lowest BCUT2D eigenvalue weighted by molar-refractivity contribution is -0.150. The largest absolute Gasteiger partial charge is 0.461 e. The highest BCUT2D eigenvalue weighted by Gasteiger charge is 2.23. The number of nitrogens with one attached hydrogen (secondary N) is 1. The van der Waals surface area contributed by atoms with Crippen LogP contribution in [0.3, 0.4) is 0 Å². The van der Waals surface area contributed by atoms with E-state index in [-0.39, 0.29) is 24.9 Å². The molecule has 0 rings (SSSR count). The number of aliphatic hydroxyl groups is 2. The molecule has 0 saturated heterocycles. The topological polar surface area (TPSA) is 95.9 Å². The van der Waals surface area contributed by atoms with Crippen molar-refractivity contribution in [1.82, 2.24) is 5.32 Å². The average Bonchev–Trinajstić information content (AvgIpc) is 3.24. The second-order valence-electron chi connectivity index (χ2n) is 15.8. The Labute approximate surface area is 368 Å². The van der Waals surface area contributed by atoms with Crippen LogP contribution in [0.2, 0.25) is 0 Å². The zero-order chi connectivity index (χ0) is 43.8. The van der Waals surface area contributed by atoms with Crippen molar-refractivity contribution in [2.75, 3.05) is 6.61 Å². The van der Waals surface area contributed by atoms with Gasteiger partial charge in [-0.3, -0.25) is 9.59 Å². The Bertz CT molecular complexity index is 1250. The molecule has 6 nitrogen and oxygen atoms in total. The van der Waals surface area contributed by atoms with Gasteiger partial charge in [0.25, 0.3) is 0 Å². The molecule has 0 fully saturated rings. The lowest BCUT2D eigenvalue weighted by atomic mass is 10.0. The van der Waals surface area contributed by atoms with E-state index >= 15 is 0 Å². The van der Waals surface area contributed by atoms with E-state index in [9.17, 15) is 19.8 Å². The smallest absolute Gasteiger partial charge is 0.306 e. The summed E-state index contributed by atoms with van der Waals surface area (Å²) in [6, 6.07) is -0.746. The molecule has 0 spiro atoms. The van der Waals surface area contributed by atoms with E-state index in [1.165, 1.54) is 64.2 Å². The Morgan fingerprint density at radius 2 is 1.00 bits per heavy atom. The summed E-state index contributed by atoms with van der Waals surface area (Å²) in [6.07, 6.45) is 63.0. The highest BCUT2D eigenvalue weighted by atomic mass is 16.5. The van der Waals surface area contributed by atoms with Crippen LogP contribution in [0, 0.1) is 0 Å². The number of ether oxygens (including phenoxy) is 1. The first-order valence-electron chi connectivity index (χ1n) is 24.2. The summed E-state index contributed by atoms with van der Waals surface area (Å²) in [5, 5.41) is 23.7. The predicted octanol–water partition coefficient (Wildman–Crippen LogP) is 14.3. The lowest BCUT2D eigenvalue weighted by Gasteiger charge is -2.24. The van der Waals surface area contributed by atoms with Gasteiger partial charge in [-0.15, -0.1) is 0 Å². The van der Waals surface area contributed by atoms with Crippen LogP contribution in [0.4, 0.5) is 0 Å². The monoisotopic (exact) mass is 832 g/mol. The van der Waals surface area contributed by atoms with Crippen molar-refractivity contribution in [3.63, 3.8) is 0 Å². The number of hydrogen-bond donors (Lipinski definition) is 3. The Morgan fingerprint density at radius 3 is 1.53 bits per heavy atom. The lowest BCUT2D eigenvalue weighted by Crippen LogP contribution is -2.46. The van der Waals surface area contributed by atoms with Crippen LogP contribution in [0.1, 0.15) is 194 Å². The van der Waals surface area contributed by atoms with Crippen molar-refractivity contribution in [2.24, 2.45) is 0 Å². The maximum atomic E-state index is 13.2. The second kappa shape index (κ2) is 46.6. The van der Waals surface area contributed by atoms with Gasteiger partial charge < -0.3 is 20.3 Å². The summed E-state index contributed by atoms with van der Waals surface area (Å²) in [7, 11) is 0. The van der Waals surface area contributed by atoms with Crippen LogP contribution in [0.25, 0.3) is 0 Å². The third-order valence-corrected chi connectivity index (χ3v) is 10.2. The number of unbranched alkanes of at least 4 members (excludes halogenated alkanes) is 15. The molecule has 0 aliphatic heterocycles. The first kappa shape index (κ1) is 56.5. The van der Waals surface area contributed by atoms with Crippen LogP contribution >= 0.6 is 0 Å². The summed E-state index contributed by atoms with van der Waals surface area (Å²) in [6.45, 7) is 6.17. The van der Waals surface area contributed by atoms with E-state index in [1.54, 1.807) is 0 Å². The molecule has 0 aromatic carbocycles. The summed E-state index contributed by atoms with van der Waals surface area (Å²) >= 11 is 0. The van der Waals surface area contributed by atoms with E-state index in [1.807, 2.05) is 48.6 Å². The van der Waals surface area contributed by atoms with Gasteiger partial charge >= 0.3 is 5.97 Å². The minimum absolute atomic E-state index is 0.0234. The second-order valence-corrected chi connectivity index (χ2v) is 15.8. The van der Waals surface area contributed by atoms with Gasteiger partial charge in [0.05, 0.1) is 25.2 Å². The van der Waals surface area contributed by atoms with E-state index in [0.717, 1.165) is 83.5 Å². The van der Waals surface area contributed by atoms with Gasteiger partial charge in [0.2, 0.25) is 5.91 Å². The number of allylic oxidation sites excluding steroid dienone is 17. The quantitative estimate of drug-likeness (QED) is 0.0247. The minimum atomic E-state index is -0.825. The van der Waals surface area contributed by atoms with Gasteiger partial charge in [0.15, 0.2) is 0 Å². The molecule has 60 heavy (non-hydrogen) atoms. The summed E-state index contributed by atoms with van der Waals surface area (Å²) < 4.78 is 5.83.